The Bertz CT molecular complexity index is 644. The number of hydrogen-bond acceptors (Lipinski definition) is 4. The van der Waals surface area contributed by atoms with Crippen molar-refractivity contribution >= 4 is 28.3 Å². The third kappa shape index (κ3) is 4.82. The molecule has 1 amide bonds. The highest BCUT2D eigenvalue weighted by Gasteiger charge is 2.16. The Morgan fingerprint density at radius 2 is 2.14 bits per heavy atom. The zero-order chi connectivity index (χ0) is 14.6. The highest BCUT2D eigenvalue weighted by Crippen LogP contribution is 2.12. The average Bonchev–Trinajstić information content (AvgIpc) is 2.46. The molecule has 1 aliphatic heterocycles. The van der Waals surface area contributed by atoms with Crippen LogP contribution in [0.1, 0.15) is 16.8 Å². The molecule has 21 heavy (non-hydrogen) atoms. The Hall–Kier alpha value is -1.41. The van der Waals surface area contributed by atoms with Gasteiger partial charge in [-0.05, 0) is 31.2 Å². The first-order valence-electron chi connectivity index (χ1n) is 6.27. The number of sulfonamides is 1. The molecule has 0 unspecified atom stereocenters. The fourth-order valence-electron chi connectivity index (χ4n) is 1.92. The van der Waals surface area contributed by atoms with Crippen molar-refractivity contribution < 1.29 is 13.2 Å². The van der Waals surface area contributed by atoms with Gasteiger partial charge in [-0.25, -0.2) is 13.1 Å². The lowest BCUT2D eigenvalue weighted by molar-refractivity contribution is 0.1000. The molecule has 0 bridgehead atoms. The van der Waals surface area contributed by atoms with Crippen molar-refractivity contribution in [1.82, 2.24) is 10.0 Å². The molecule has 0 atom stereocenters. The molecule has 1 aliphatic rings. The van der Waals surface area contributed by atoms with E-state index in [1.807, 2.05) is 6.08 Å². The monoisotopic (exact) mass is 331 g/mol. The van der Waals surface area contributed by atoms with Crippen molar-refractivity contribution in [2.45, 2.75) is 11.3 Å². The molecule has 0 radical (unpaired) electrons. The van der Waals surface area contributed by atoms with E-state index in [9.17, 15) is 13.2 Å². The Kier molecular flexibility index (Phi) is 6.35. The molecular formula is C13H18ClN3O3S. The molecule has 4 N–H and O–H groups in total. The van der Waals surface area contributed by atoms with Crippen LogP contribution in [0, 0.1) is 0 Å². The largest absolute Gasteiger partial charge is 0.366 e. The lowest BCUT2D eigenvalue weighted by atomic mass is 10.1. The number of primary amides is 1. The smallest absolute Gasteiger partial charge is 0.248 e. The molecule has 6 nitrogen and oxygen atoms in total. The zero-order valence-electron chi connectivity index (χ0n) is 11.3. The van der Waals surface area contributed by atoms with Gasteiger partial charge in [-0.2, -0.15) is 0 Å². The first kappa shape index (κ1) is 17.6. The predicted molar refractivity (Wildman–Crippen MR) is 83.0 cm³/mol. The first-order chi connectivity index (χ1) is 9.49. The fourth-order valence-corrected chi connectivity index (χ4v) is 3.00. The molecule has 0 aliphatic carbocycles. The van der Waals surface area contributed by atoms with Crippen LogP contribution in [-0.4, -0.2) is 34.0 Å². The van der Waals surface area contributed by atoms with Gasteiger partial charge in [0.15, 0.2) is 0 Å². The summed E-state index contributed by atoms with van der Waals surface area (Å²) in [5.74, 6) is -0.650. The van der Waals surface area contributed by atoms with E-state index in [0.717, 1.165) is 25.1 Å². The molecule has 1 aromatic rings. The molecule has 1 aromatic carbocycles. The van der Waals surface area contributed by atoms with Crippen molar-refractivity contribution in [2.24, 2.45) is 5.73 Å². The van der Waals surface area contributed by atoms with Gasteiger partial charge in [-0.3, -0.25) is 4.79 Å². The van der Waals surface area contributed by atoms with E-state index in [2.05, 4.69) is 10.0 Å². The summed E-state index contributed by atoms with van der Waals surface area (Å²) in [6.07, 6.45) is 2.80. The summed E-state index contributed by atoms with van der Waals surface area (Å²) in [4.78, 5) is 11.1. The van der Waals surface area contributed by atoms with Crippen molar-refractivity contribution in [3.8, 4) is 0 Å². The molecule has 2 rings (SSSR count). The average molecular weight is 332 g/mol. The van der Waals surface area contributed by atoms with Crippen LogP contribution >= 0.6 is 12.4 Å². The summed E-state index contributed by atoms with van der Waals surface area (Å²) in [7, 11) is -3.63. The van der Waals surface area contributed by atoms with Crippen molar-refractivity contribution in [3.05, 3.63) is 41.5 Å². The van der Waals surface area contributed by atoms with Crippen LogP contribution in [0.3, 0.4) is 0 Å². The Labute approximate surface area is 130 Å². The van der Waals surface area contributed by atoms with E-state index < -0.39 is 15.9 Å². The van der Waals surface area contributed by atoms with E-state index in [-0.39, 0.29) is 29.4 Å². The molecule has 0 saturated carbocycles. The SMILES string of the molecule is Cl.NC(=O)c1cccc(S(=O)(=O)NCC2=CCNCC2)c1. The summed E-state index contributed by atoms with van der Waals surface area (Å²) in [5, 5.41) is 3.16. The summed E-state index contributed by atoms with van der Waals surface area (Å²) < 4.78 is 26.8. The summed E-state index contributed by atoms with van der Waals surface area (Å²) >= 11 is 0. The zero-order valence-corrected chi connectivity index (χ0v) is 13.0. The second-order valence-electron chi connectivity index (χ2n) is 4.53. The van der Waals surface area contributed by atoms with Gasteiger partial charge in [0.2, 0.25) is 15.9 Å². The topological polar surface area (TPSA) is 101 Å². The molecule has 8 heteroatoms. The number of nitrogens with two attached hydrogens (primary N) is 1. The molecular weight excluding hydrogens is 314 g/mol. The predicted octanol–water partition coefficient (Wildman–Crippen LogP) is 0.405. The number of halogens is 1. The maximum atomic E-state index is 12.1. The van der Waals surface area contributed by atoms with Crippen LogP contribution in [0.2, 0.25) is 0 Å². The van der Waals surface area contributed by atoms with E-state index in [4.69, 9.17) is 5.73 Å². The fraction of sp³-hybridized carbons (Fsp3) is 0.308. The molecule has 116 valence electrons. The third-order valence-corrected chi connectivity index (χ3v) is 4.47. The van der Waals surface area contributed by atoms with Crippen LogP contribution in [0.25, 0.3) is 0 Å². The Morgan fingerprint density at radius 1 is 1.38 bits per heavy atom. The Balaban J connectivity index is 0.00000220. The third-order valence-electron chi connectivity index (χ3n) is 3.08. The van der Waals surface area contributed by atoms with Gasteiger partial charge >= 0.3 is 0 Å². The minimum Gasteiger partial charge on any atom is -0.366 e. The van der Waals surface area contributed by atoms with E-state index in [1.165, 1.54) is 24.3 Å². The molecule has 0 fully saturated rings. The number of carbonyl (C=O) groups is 1. The van der Waals surface area contributed by atoms with Crippen molar-refractivity contribution in [2.75, 3.05) is 19.6 Å². The number of benzene rings is 1. The number of carbonyl (C=O) groups excluding carboxylic acids is 1. The van der Waals surface area contributed by atoms with Gasteiger partial charge in [-0.1, -0.05) is 17.7 Å². The Morgan fingerprint density at radius 3 is 2.76 bits per heavy atom. The van der Waals surface area contributed by atoms with Crippen LogP contribution in [0.15, 0.2) is 40.8 Å². The highest BCUT2D eigenvalue weighted by atomic mass is 35.5. The molecule has 0 spiro atoms. The van der Waals surface area contributed by atoms with Gasteiger partial charge in [0.25, 0.3) is 0 Å². The first-order valence-corrected chi connectivity index (χ1v) is 7.75. The summed E-state index contributed by atoms with van der Waals surface area (Å²) in [5.41, 5.74) is 6.38. The van der Waals surface area contributed by atoms with Gasteiger partial charge in [0.1, 0.15) is 0 Å². The molecule has 0 saturated heterocycles. The number of hydrogen-bond donors (Lipinski definition) is 3. The van der Waals surface area contributed by atoms with Gasteiger partial charge < -0.3 is 11.1 Å². The summed E-state index contributed by atoms with van der Waals surface area (Å²) in [6, 6.07) is 5.70. The van der Waals surface area contributed by atoms with Crippen LogP contribution in [0.5, 0.6) is 0 Å². The maximum absolute atomic E-state index is 12.1. The lowest BCUT2D eigenvalue weighted by Gasteiger charge is -2.14. The van der Waals surface area contributed by atoms with Gasteiger partial charge in [-0.15, -0.1) is 12.4 Å². The number of nitrogens with one attached hydrogen (secondary N) is 2. The maximum Gasteiger partial charge on any atom is 0.248 e. The molecule has 1 heterocycles. The quantitative estimate of drug-likeness (QED) is 0.680. The van der Waals surface area contributed by atoms with Gasteiger partial charge in [0.05, 0.1) is 4.90 Å². The second-order valence-corrected chi connectivity index (χ2v) is 6.30. The number of rotatable bonds is 5. The highest BCUT2D eigenvalue weighted by molar-refractivity contribution is 7.89. The van der Waals surface area contributed by atoms with Crippen LogP contribution in [-0.2, 0) is 10.0 Å². The minimum atomic E-state index is -3.63. The van der Waals surface area contributed by atoms with Gasteiger partial charge in [0, 0.05) is 18.7 Å². The molecule has 0 aromatic heterocycles. The lowest BCUT2D eigenvalue weighted by Crippen LogP contribution is -2.29. The van der Waals surface area contributed by atoms with Crippen LogP contribution in [0.4, 0.5) is 0 Å². The van der Waals surface area contributed by atoms with E-state index in [0.29, 0.717) is 0 Å². The van der Waals surface area contributed by atoms with Crippen molar-refractivity contribution in [1.29, 1.82) is 0 Å². The van der Waals surface area contributed by atoms with Crippen molar-refractivity contribution in [3.63, 3.8) is 0 Å². The minimum absolute atomic E-state index is 0. The summed E-state index contributed by atoms with van der Waals surface area (Å²) in [6.45, 7) is 1.89. The standard InChI is InChI=1S/C13H17N3O3S.ClH/c14-13(17)11-2-1-3-12(8-11)20(18,19)16-9-10-4-6-15-7-5-10;/h1-4,8,15-16H,5-7,9H2,(H2,14,17);1H. The van der Waals surface area contributed by atoms with E-state index >= 15 is 0 Å². The van der Waals surface area contributed by atoms with E-state index in [1.54, 1.807) is 0 Å². The normalized spacial score (nSPS) is 15.0. The number of amides is 1. The second kappa shape index (κ2) is 7.56. The van der Waals surface area contributed by atoms with Crippen LogP contribution < -0.4 is 15.8 Å².